The molecule has 128 valence electrons. The number of carbonyl (C=O) groups is 1. The van der Waals surface area contributed by atoms with Gasteiger partial charge in [0.2, 0.25) is 5.91 Å². The van der Waals surface area contributed by atoms with Crippen LogP contribution in [0.1, 0.15) is 43.5 Å². The molecule has 1 saturated heterocycles. The lowest BCUT2D eigenvalue weighted by Gasteiger charge is -2.34. The minimum atomic E-state index is -0.405. The number of halogens is 1. The second kappa shape index (κ2) is 6.53. The van der Waals surface area contributed by atoms with Gasteiger partial charge in [-0.2, -0.15) is 4.98 Å². The van der Waals surface area contributed by atoms with E-state index in [-0.39, 0.29) is 18.3 Å². The van der Waals surface area contributed by atoms with E-state index in [1.54, 1.807) is 0 Å². The molecule has 0 unspecified atom stereocenters. The summed E-state index contributed by atoms with van der Waals surface area (Å²) in [7, 11) is 0. The average molecular weight is 349 g/mol. The normalized spacial score (nSPS) is 19.0. The van der Waals surface area contributed by atoms with E-state index >= 15 is 0 Å². The maximum absolute atomic E-state index is 11.7. The van der Waals surface area contributed by atoms with Crippen LogP contribution in [0.5, 0.6) is 0 Å². The molecule has 1 saturated carbocycles. The number of likely N-dealkylation sites (tertiary alicyclic amines) is 1. The molecule has 1 aromatic heterocycles. The van der Waals surface area contributed by atoms with Crippen LogP contribution in [-0.2, 0) is 16.9 Å². The monoisotopic (exact) mass is 348 g/mol. The quantitative estimate of drug-likeness (QED) is 0.917. The molecular formula is C17H21ClN4O2. The Kier molecular flexibility index (Phi) is 4.60. The van der Waals surface area contributed by atoms with Crippen molar-refractivity contribution in [3.8, 4) is 11.5 Å². The van der Waals surface area contributed by atoms with Crippen LogP contribution in [0.3, 0.4) is 0 Å². The van der Waals surface area contributed by atoms with Crippen molar-refractivity contribution in [3.05, 3.63) is 35.7 Å². The van der Waals surface area contributed by atoms with E-state index in [1.807, 2.05) is 29.2 Å². The fourth-order valence-electron chi connectivity index (χ4n) is 3.17. The van der Waals surface area contributed by atoms with Crippen molar-refractivity contribution in [1.82, 2.24) is 15.0 Å². The van der Waals surface area contributed by atoms with Crippen molar-refractivity contribution in [2.45, 2.75) is 44.2 Å². The average Bonchev–Trinajstić information content (AvgIpc) is 3.16. The van der Waals surface area contributed by atoms with Crippen LogP contribution < -0.4 is 5.73 Å². The molecule has 0 atom stereocenters. The van der Waals surface area contributed by atoms with Gasteiger partial charge in [0.15, 0.2) is 5.82 Å². The number of nitrogens with zero attached hydrogens (tertiary/aromatic N) is 3. The van der Waals surface area contributed by atoms with Crippen LogP contribution >= 0.6 is 12.4 Å². The highest BCUT2D eigenvalue weighted by atomic mass is 35.5. The van der Waals surface area contributed by atoms with E-state index in [9.17, 15) is 4.79 Å². The summed E-state index contributed by atoms with van der Waals surface area (Å²) in [6, 6.07) is 7.92. The molecule has 0 bridgehead atoms. The zero-order chi connectivity index (χ0) is 15.9. The Hall–Kier alpha value is -1.92. The number of benzene rings is 1. The molecule has 2 fully saturated rings. The smallest absolute Gasteiger partial charge is 0.257 e. The van der Waals surface area contributed by atoms with Crippen molar-refractivity contribution < 1.29 is 9.32 Å². The zero-order valence-corrected chi connectivity index (χ0v) is 14.2. The van der Waals surface area contributed by atoms with Gasteiger partial charge in [-0.1, -0.05) is 17.3 Å². The molecule has 2 N–H and O–H groups in total. The summed E-state index contributed by atoms with van der Waals surface area (Å²) in [4.78, 5) is 18.0. The van der Waals surface area contributed by atoms with Crippen LogP contribution in [0.4, 0.5) is 0 Å². The van der Waals surface area contributed by atoms with Crippen molar-refractivity contribution >= 4 is 18.3 Å². The predicted octanol–water partition coefficient (Wildman–Crippen LogP) is 2.62. The van der Waals surface area contributed by atoms with Gasteiger partial charge in [-0.25, -0.2) is 0 Å². The third-order valence-electron chi connectivity index (χ3n) is 4.86. The van der Waals surface area contributed by atoms with Crippen molar-refractivity contribution in [1.29, 1.82) is 0 Å². The Morgan fingerprint density at radius 3 is 2.54 bits per heavy atom. The molecule has 4 rings (SSSR count). The van der Waals surface area contributed by atoms with Gasteiger partial charge in [-0.15, -0.1) is 12.4 Å². The first-order chi connectivity index (χ1) is 11.1. The number of amides is 1. The van der Waals surface area contributed by atoms with E-state index in [0.717, 1.165) is 43.4 Å². The Morgan fingerprint density at radius 2 is 1.96 bits per heavy atom. The number of carbonyl (C=O) groups excluding carboxylic acids is 1. The molecule has 24 heavy (non-hydrogen) atoms. The molecule has 1 aromatic carbocycles. The summed E-state index contributed by atoms with van der Waals surface area (Å²) in [5.74, 6) is 1.34. The van der Waals surface area contributed by atoms with Crippen molar-refractivity contribution in [3.63, 3.8) is 0 Å². The molecule has 2 aliphatic rings. The van der Waals surface area contributed by atoms with Crippen LogP contribution in [0, 0.1) is 0 Å². The highest BCUT2D eigenvalue weighted by Gasteiger charge is 2.39. The van der Waals surface area contributed by atoms with Gasteiger partial charge >= 0.3 is 0 Å². The topological polar surface area (TPSA) is 85.2 Å². The lowest BCUT2D eigenvalue weighted by Crippen LogP contribution is -2.44. The largest absolute Gasteiger partial charge is 0.338 e. The summed E-state index contributed by atoms with van der Waals surface area (Å²) in [6.45, 7) is 1.52. The van der Waals surface area contributed by atoms with Crippen LogP contribution in [0.2, 0.25) is 0 Å². The van der Waals surface area contributed by atoms with Gasteiger partial charge in [0.1, 0.15) is 0 Å². The molecule has 1 aliphatic heterocycles. The van der Waals surface area contributed by atoms with Crippen molar-refractivity contribution in [2.75, 3.05) is 6.54 Å². The molecule has 1 amide bonds. The first kappa shape index (κ1) is 16.9. The van der Waals surface area contributed by atoms with Gasteiger partial charge in [0.05, 0.1) is 5.54 Å². The van der Waals surface area contributed by atoms with Crippen LogP contribution in [0.15, 0.2) is 28.8 Å². The summed E-state index contributed by atoms with van der Waals surface area (Å²) in [6.07, 6.45) is 4.57. The lowest BCUT2D eigenvalue weighted by molar-refractivity contribution is -0.128. The third-order valence-corrected chi connectivity index (χ3v) is 4.86. The van der Waals surface area contributed by atoms with Gasteiger partial charge in [0, 0.05) is 25.1 Å². The number of hydrogen-bond donors (Lipinski definition) is 1. The Balaban J connectivity index is 0.00000169. The molecule has 0 radical (unpaired) electrons. The molecule has 7 heteroatoms. The highest BCUT2D eigenvalue weighted by molar-refractivity contribution is 5.85. The maximum atomic E-state index is 11.7. The maximum Gasteiger partial charge on any atom is 0.257 e. The second-order valence-electron chi connectivity index (χ2n) is 6.55. The minimum Gasteiger partial charge on any atom is -0.338 e. The van der Waals surface area contributed by atoms with Gasteiger partial charge in [-0.05, 0) is 43.4 Å². The number of nitrogens with two attached hydrogens (primary N) is 1. The van der Waals surface area contributed by atoms with E-state index in [1.165, 1.54) is 0 Å². The summed E-state index contributed by atoms with van der Waals surface area (Å²) in [5, 5.41) is 4.04. The third kappa shape index (κ3) is 3.03. The van der Waals surface area contributed by atoms with E-state index in [4.69, 9.17) is 10.3 Å². The van der Waals surface area contributed by atoms with E-state index in [0.29, 0.717) is 24.7 Å². The molecule has 0 spiro atoms. The second-order valence-corrected chi connectivity index (χ2v) is 6.55. The standard InChI is InChI=1S/C17H20N4O2.ClH/c18-17(8-2-9-17)16-19-15(23-20-16)13-6-4-12(5-7-13)11-21-10-1-3-14(21)22;/h4-7H,1-3,8-11,18H2;1H. The fraction of sp³-hybridized carbons (Fsp3) is 0.471. The molecule has 6 nitrogen and oxygen atoms in total. The fourth-order valence-corrected chi connectivity index (χ4v) is 3.17. The Bertz CT molecular complexity index is 724. The number of rotatable bonds is 4. The van der Waals surface area contributed by atoms with Crippen LogP contribution in [0.25, 0.3) is 11.5 Å². The summed E-state index contributed by atoms with van der Waals surface area (Å²) >= 11 is 0. The summed E-state index contributed by atoms with van der Waals surface area (Å²) < 4.78 is 5.36. The van der Waals surface area contributed by atoms with Gasteiger partial charge in [0.25, 0.3) is 5.89 Å². The lowest BCUT2D eigenvalue weighted by atomic mass is 9.77. The SMILES string of the molecule is Cl.NC1(c2noc(-c3ccc(CN4CCCC4=O)cc3)n2)CCC1. The number of hydrogen-bond acceptors (Lipinski definition) is 5. The zero-order valence-electron chi connectivity index (χ0n) is 13.4. The molecule has 1 aliphatic carbocycles. The van der Waals surface area contributed by atoms with E-state index < -0.39 is 5.54 Å². The molecule has 2 aromatic rings. The number of aromatic nitrogens is 2. The molecule has 2 heterocycles. The first-order valence-electron chi connectivity index (χ1n) is 8.14. The van der Waals surface area contributed by atoms with Crippen LogP contribution in [-0.4, -0.2) is 27.5 Å². The Morgan fingerprint density at radius 1 is 1.21 bits per heavy atom. The van der Waals surface area contributed by atoms with Crippen molar-refractivity contribution in [2.24, 2.45) is 5.73 Å². The Labute approximate surface area is 146 Å². The predicted molar refractivity (Wildman–Crippen MR) is 91.3 cm³/mol. The highest BCUT2D eigenvalue weighted by Crippen LogP contribution is 2.37. The summed E-state index contributed by atoms with van der Waals surface area (Å²) in [5.41, 5.74) is 7.80. The van der Waals surface area contributed by atoms with E-state index in [2.05, 4.69) is 10.1 Å². The first-order valence-corrected chi connectivity index (χ1v) is 8.14. The minimum absolute atomic E-state index is 0. The van der Waals surface area contributed by atoms with Gasteiger partial charge in [-0.3, -0.25) is 4.79 Å². The van der Waals surface area contributed by atoms with Gasteiger partial charge < -0.3 is 15.2 Å². The molecular weight excluding hydrogens is 328 g/mol.